The summed E-state index contributed by atoms with van der Waals surface area (Å²) in [4.78, 5) is 26.3. The van der Waals surface area contributed by atoms with Gasteiger partial charge in [-0.05, 0) is 146 Å². The Bertz CT molecular complexity index is 1900. The predicted molar refractivity (Wildman–Crippen MR) is 284 cm³/mol. The molecule has 0 heterocycles. The Morgan fingerprint density at radius 3 is 2.04 bits per heavy atom. The summed E-state index contributed by atoms with van der Waals surface area (Å²) in [6, 6.07) is 12.8. The minimum absolute atomic E-state index is 0.0952. The molecule has 4 aliphatic carbocycles. The SMILES string of the molecule is CCCCCCCCCCCCCCCCCCOc1ccc(/C=C/C(=O)Nc2ccc(C(=O)OC3CC[C@@]4(C)C(=CC[C@H]5[C@@H]6CC[C@H]([C@H](C)CCCC(C)C)[C@@]6(C)CC[C@@H]54)C3)cc2)cc1OC. The first-order chi connectivity index (χ1) is 32.9. The molecule has 0 spiro atoms. The third-order valence-electron chi connectivity index (χ3n) is 17.8. The van der Waals surface area contributed by atoms with E-state index < -0.39 is 0 Å². The van der Waals surface area contributed by atoms with Crippen molar-refractivity contribution in [2.45, 2.75) is 221 Å². The van der Waals surface area contributed by atoms with E-state index in [1.807, 2.05) is 18.2 Å². The van der Waals surface area contributed by atoms with Gasteiger partial charge in [-0.25, -0.2) is 4.79 Å². The van der Waals surface area contributed by atoms with Crippen LogP contribution in [0.4, 0.5) is 5.69 Å². The first kappa shape index (κ1) is 53.8. The van der Waals surface area contributed by atoms with Crippen molar-refractivity contribution in [2.24, 2.45) is 46.3 Å². The van der Waals surface area contributed by atoms with Crippen molar-refractivity contribution < 1.29 is 23.8 Å². The molecule has 0 aliphatic heterocycles. The summed E-state index contributed by atoms with van der Waals surface area (Å²) < 4.78 is 17.9. The molecule has 68 heavy (non-hydrogen) atoms. The van der Waals surface area contributed by atoms with Crippen LogP contribution < -0.4 is 14.8 Å². The van der Waals surface area contributed by atoms with Crippen LogP contribution >= 0.6 is 0 Å². The number of rotatable bonds is 29. The second kappa shape index (κ2) is 27.2. The molecule has 0 radical (unpaired) electrons. The van der Waals surface area contributed by atoms with Gasteiger partial charge in [-0.2, -0.15) is 0 Å². The highest BCUT2D eigenvalue weighted by atomic mass is 16.5. The summed E-state index contributed by atoms with van der Waals surface area (Å²) in [5.41, 5.74) is 4.23. The number of amides is 1. The van der Waals surface area contributed by atoms with Gasteiger partial charge in [0.05, 0.1) is 19.3 Å². The monoisotopic (exact) mass is 934 g/mol. The summed E-state index contributed by atoms with van der Waals surface area (Å²) in [6.07, 6.45) is 41.1. The summed E-state index contributed by atoms with van der Waals surface area (Å²) >= 11 is 0. The van der Waals surface area contributed by atoms with Gasteiger partial charge in [0, 0.05) is 18.2 Å². The summed E-state index contributed by atoms with van der Waals surface area (Å²) in [5, 5.41) is 2.93. The van der Waals surface area contributed by atoms with Crippen molar-refractivity contribution in [3.05, 3.63) is 71.3 Å². The molecule has 2 aromatic rings. The van der Waals surface area contributed by atoms with Gasteiger partial charge < -0.3 is 19.5 Å². The standard InChI is InChI=1S/C62H95NO5/c1-8-9-10-11-12-13-14-15-16-17-18-19-20-21-22-23-43-67-57-37-27-48(44-58(57)66-7)28-38-59(64)63-51-32-29-49(30-33-51)60(65)68-52-39-41-61(5)50(45-52)31-34-53-55-36-35-54(47(4)26-24-25-46(2)3)62(55,6)42-40-56(53)61/h27-33,37-38,44,46-47,52-56H,8-26,34-36,39-43,45H2,1-7H3,(H,63,64)/b38-28+/t47-,52?,53+,54-,55+,56+,61+,62-/m1/s1. The quantitative estimate of drug-likeness (QED) is 0.0381. The van der Waals surface area contributed by atoms with Crippen LogP contribution in [0.2, 0.25) is 0 Å². The van der Waals surface area contributed by atoms with Crippen molar-refractivity contribution in [3.8, 4) is 11.5 Å². The number of benzene rings is 2. The molecule has 3 fully saturated rings. The molecule has 6 nitrogen and oxygen atoms in total. The number of allylic oxidation sites excluding steroid dienone is 1. The molecule has 0 aromatic heterocycles. The molecular weight excluding hydrogens is 839 g/mol. The molecule has 378 valence electrons. The second-order valence-electron chi connectivity index (χ2n) is 23.0. The van der Waals surface area contributed by atoms with E-state index in [4.69, 9.17) is 14.2 Å². The van der Waals surface area contributed by atoms with Gasteiger partial charge in [0.25, 0.3) is 0 Å². The predicted octanol–water partition coefficient (Wildman–Crippen LogP) is 17.6. The molecule has 4 aliphatic rings. The molecule has 1 unspecified atom stereocenters. The normalized spacial score (nSPS) is 25.9. The average molecular weight is 934 g/mol. The zero-order chi connectivity index (χ0) is 48.4. The maximum absolute atomic E-state index is 13.4. The largest absolute Gasteiger partial charge is 0.493 e. The molecule has 1 N–H and O–H groups in total. The van der Waals surface area contributed by atoms with Gasteiger partial charge in [0.15, 0.2) is 11.5 Å². The molecule has 3 saturated carbocycles. The van der Waals surface area contributed by atoms with E-state index in [0.29, 0.717) is 29.0 Å². The zero-order valence-electron chi connectivity index (χ0n) is 44.2. The average Bonchev–Trinajstić information content (AvgIpc) is 3.69. The summed E-state index contributed by atoms with van der Waals surface area (Å²) in [5.74, 6) is 5.74. The van der Waals surface area contributed by atoms with Crippen molar-refractivity contribution in [1.82, 2.24) is 0 Å². The van der Waals surface area contributed by atoms with Gasteiger partial charge >= 0.3 is 5.97 Å². The highest BCUT2D eigenvalue weighted by Gasteiger charge is 2.59. The number of unbranched alkanes of at least 4 members (excludes halogenated alkanes) is 15. The van der Waals surface area contributed by atoms with Crippen molar-refractivity contribution in [1.29, 1.82) is 0 Å². The van der Waals surface area contributed by atoms with Gasteiger partial charge in [0.1, 0.15) is 6.10 Å². The minimum atomic E-state index is -0.287. The number of hydrogen-bond donors (Lipinski definition) is 1. The van der Waals surface area contributed by atoms with Crippen molar-refractivity contribution in [2.75, 3.05) is 19.0 Å². The van der Waals surface area contributed by atoms with E-state index in [-0.39, 0.29) is 23.4 Å². The van der Waals surface area contributed by atoms with Crippen LogP contribution in [0.1, 0.15) is 231 Å². The van der Waals surface area contributed by atoms with E-state index in [0.717, 1.165) is 72.5 Å². The van der Waals surface area contributed by atoms with Crippen molar-refractivity contribution in [3.63, 3.8) is 0 Å². The number of carbonyl (C=O) groups excluding carboxylic acids is 2. The van der Waals surface area contributed by atoms with E-state index in [1.54, 1.807) is 37.5 Å². The maximum Gasteiger partial charge on any atom is 0.338 e. The van der Waals surface area contributed by atoms with E-state index in [2.05, 4.69) is 52.9 Å². The first-order valence-corrected chi connectivity index (χ1v) is 28.3. The Balaban J connectivity index is 0.868. The molecule has 6 rings (SSSR count). The molecule has 8 atom stereocenters. The number of carbonyl (C=O) groups is 2. The lowest BCUT2D eigenvalue weighted by Gasteiger charge is -2.58. The van der Waals surface area contributed by atoms with Gasteiger partial charge in [0.2, 0.25) is 5.91 Å². The number of hydrogen-bond acceptors (Lipinski definition) is 5. The van der Waals surface area contributed by atoms with E-state index >= 15 is 0 Å². The minimum Gasteiger partial charge on any atom is -0.493 e. The van der Waals surface area contributed by atoms with Crippen LogP contribution in [0.5, 0.6) is 11.5 Å². The van der Waals surface area contributed by atoms with Crippen LogP contribution in [-0.4, -0.2) is 31.7 Å². The lowest BCUT2D eigenvalue weighted by atomic mass is 9.47. The molecule has 2 aromatic carbocycles. The zero-order valence-corrected chi connectivity index (χ0v) is 44.2. The van der Waals surface area contributed by atoms with Gasteiger partial charge in [-0.15, -0.1) is 0 Å². The lowest BCUT2D eigenvalue weighted by Crippen LogP contribution is -2.51. The molecule has 1 amide bonds. The van der Waals surface area contributed by atoms with Crippen LogP contribution in [0, 0.1) is 46.3 Å². The fourth-order valence-electron chi connectivity index (χ4n) is 13.8. The number of ether oxygens (including phenoxy) is 3. The number of methoxy groups -OCH3 is 1. The third kappa shape index (κ3) is 15.0. The van der Waals surface area contributed by atoms with Gasteiger partial charge in [-0.3, -0.25) is 4.79 Å². The second-order valence-corrected chi connectivity index (χ2v) is 23.0. The summed E-state index contributed by atoms with van der Waals surface area (Å²) in [6.45, 7) is 15.5. The van der Waals surface area contributed by atoms with E-state index in [1.165, 1.54) is 159 Å². The van der Waals surface area contributed by atoms with Gasteiger partial charge in [-0.1, -0.05) is 175 Å². The highest BCUT2D eigenvalue weighted by Crippen LogP contribution is 2.67. The number of anilines is 1. The van der Waals surface area contributed by atoms with Crippen LogP contribution in [0.3, 0.4) is 0 Å². The van der Waals surface area contributed by atoms with Crippen molar-refractivity contribution >= 4 is 23.6 Å². The van der Waals surface area contributed by atoms with E-state index in [9.17, 15) is 9.59 Å². The number of esters is 1. The lowest BCUT2D eigenvalue weighted by molar-refractivity contribution is -0.111. The van der Waals surface area contributed by atoms with Crippen LogP contribution in [-0.2, 0) is 9.53 Å². The molecular formula is C62H95NO5. The number of nitrogens with one attached hydrogen (secondary N) is 1. The Morgan fingerprint density at radius 2 is 1.40 bits per heavy atom. The Hall–Kier alpha value is -3.54. The fourth-order valence-corrected chi connectivity index (χ4v) is 13.8. The molecule has 0 saturated heterocycles. The summed E-state index contributed by atoms with van der Waals surface area (Å²) in [7, 11) is 1.65. The molecule has 6 heteroatoms. The fraction of sp³-hybridized carbons (Fsp3) is 0.710. The molecule has 0 bridgehead atoms. The topological polar surface area (TPSA) is 73.9 Å². The number of fused-ring (bicyclic) bond motifs is 5. The van der Waals surface area contributed by atoms with Crippen LogP contribution in [0.25, 0.3) is 6.08 Å². The Labute approximate surface area is 415 Å². The maximum atomic E-state index is 13.4. The Kier molecular flexibility index (Phi) is 21.5. The highest BCUT2D eigenvalue weighted by molar-refractivity contribution is 6.02. The third-order valence-corrected chi connectivity index (χ3v) is 17.8. The first-order valence-electron chi connectivity index (χ1n) is 28.3. The van der Waals surface area contributed by atoms with Crippen LogP contribution in [0.15, 0.2) is 60.2 Å². The smallest absolute Gasteiger partial charge is 0.338 e. The Morgan fingerprint density at radius 1 is 0.735 bits per heavy atom.